The Morgan fingerprint density at radius 2 is 1.91 bits per heavy atom. The zero-order chi connectivity index (χ0) is 15.2. The SMILES string of the molecule is CC1CCN(Cc2ccc(NCC3CCCNC3)cc2)CC1. The van der Waals surface area contributed by atoms with Gasteiger partial charge in [0.05, 0.1) is 0 Å². The highest BCUT2D eigenvalue weighted by atomic mass is 15.1. The number of rotatable bonds is 5. The van der Waals surface area contributed by atoms with Gasteiger partial charge in [-0.05, 0) is 81.4 Å². The van der Waals surface area contributed by atoms with Crippen LogP contribution in [0.3, 0.4) is 0 Å². The monoisotopic (exact) mass is 301 g/mol. The van der Waals surface area contributed by atoms with Crippen molar-refractivity contribution < 1.29 is 0 Å². The Hall–Kier alpha value is -1.06. The third kappa shape index (κ3) is 4.72. The van der Waals surface area contributed by atoms with Gasteiger partial charge >= 0.3 is 0 Å². The van der Waals surface area contributed by atoms with Crippen molar-refractivity contribution in [2.24, 2.45) is 11.8 Å². The molecule has 3 nitrogen and oxygen atoms in total. The molecule has 122 valence electrons. The topological polar surface area (TPSA) is 27.3 Å². The minimum atomic E-state index is 0.781. The van der Waals surface area contributed by atoms with E-state index in [1.807, 2.05) is 0 Å². The van der Waals surface area contributed by atoms with Crippen molar-refractivity contribution in [1.82, 2.24) is 10.2 Å². The highest BCUT2D eigenvalue weighted by molar-refractivity contribution is 5.44. The maximum Gasteiger partial charge on any atom is 0.0340 e. The zero-order valence-electron chi connectivity index (χ0n) is 14.0. The summed E-state index contributed by atoms with van der Waals surface area (Å²) in [5.74, 6) is 1.70. The molecule has 0 aromatic heterocycles. The molecular weight excluding hydrogens is 270 g/mol. The van der Waals surface area contributed by atoms with Gasteiger partial charge in [-0.15, -0.1) is 0 Å². The average Bonchev–Trinajstić information content (AvgIpc) is 2.57. The predicted octanol–water partition coefficient (Wildman–Crippen LogP) is 3.33. The van der Waals surface area contributed by atoms with Crippen molar-refractivity contribution >= 4 is 5.69 Å². The van der Waals surface area contributed by atoms with Crippen molar-refractivity contribution in [3.05, 3.63) is 29.8 Å². The summed E-state index contributed by atoms with van der Waals surface area (Å²) < 4.78 is 0. The fourth-order valence-electron chi connectivity index (χ4n) is 3.57. The lowest BCUT2D eigenvalue weighted by Gasteiger charge is -2.30. The molecule has 22 heavy (non-hydrogen) atoms. The first-order valence-electron chi connectivity index (χ1n) is 9.05. The molecule has 2 aliphatic rings. The maximum absolute atomic E-state index is 3.60. The number of piperidine rings is 2. The van der Waals surface area contributed by atoms with Gasteiger partial charge in [-0.2, -0.15) is 0 Å². The summed E-state index contributed by atoms with van der Waals surface area (Å²) in [6, 6.07) is 9.08. The van der Waals surface area contributed by atoms with E-state index < -0.39 is 0 Å². The lowest BCUT2D eigenvalue weighted by atomic mass is 9.99. The van der Waals surface area contributed by atoms with Crippen molar-refractivity contribution in [3.63, 3.8) is 0 Å². The molecule has 1 atom stereocenters. The van der Waals surface area contributed by atoms with Crippen LogP contribution in [-0.4, -0.2) is 37.6 Å². The van der Waals surface area contributed by atoms with Crippen LogP contribution in [0.25, 0.3) is 0 Å². The second-order valence-corrected chi connectivity index (χ2v) is 7.25. The molecule has 1 aromatic carbocycles. The molecule has 3 rings (SSSR count). The van der Waals surface area contributed by atoms with E-state index in [0.29, 0.717) is 0 Å². The highest BCUT2D eigenvalue weighted by Gasteiger charge is 2.15. The summed E-state index contributed by atoms with van der Waals surface area (Å²) in [6.07, 6.45) is 5.38. The van der Waals surface area contributed by atoms with E-state index in [2.05, 4.69) is 46.7 Å². The van der Waals surface area contributed by atoms with Crippen molar-refractivity contribution in [2.45, 2.75) is 39.2 Å². The van der Waals surface area contributed by atoms with Crippen molar-refractivity contribution in [2.75, 3.05) is 38.0 Å². The quantitative estimate of drug-likeness (QED) is 0.873. The first kappa shape index (κ1) is 15.8. The van der Waals surface area contributed by atoms with Crippen LogP contribution in [0, 0.1) is 11.8 Å². The average molecular weight is 301 g/mol. The van der Waals surface area contributed by atoms with Crippen molar-refractivity contribution in [3.8, 4) is 0 Å². The molecule has 0 aliphatic carbocycles. The van der Waals surface area contributed by atoms with E-state index in [9.17, 15) is 0 Å². The lowest BCUT2D eigenvalue weighted by molar-refractivity contribution is 0.185. The molecule has 2 heterocycles. The fourth-order valence-corrected chi connectivity index (χ4v) is 3.57. The van der Waals surface area contributed by atoms with Gasteiger partial charge in [-0.25, -0.2) is 0 Å². The molecule has 2 N–H and O–H groups in total. The van der Waals surface area contributed by atoms with E-state index >= 15 is 0 Å². The van der Waals surface area contributed by atoms with Crippen LogP contribution in [0.2, 0.25) is 0 Å². The lowest BCUT2D eigenvalue weighted by Crippen LogP contribution is -2.33. The Kier molecular flexibility index (Phi) is 5.74. The van der Waals surface area contributed by atoms with Gasteiger partial charge in [0.25, 0.3) is 0 Å². The number of nitrogens with zero attached hydrogens (tertiary/aromatic N) is 1. The molecule has 0 amide bonds. The van der Waals surface area contributed by atoms with Crippen LogP contribution in [0.5, 0.6) is 0 Å². The number of hydrogen-bond donors (Lipinski definition) is 2. The smallest absolute Gasteiger partial charge is 0.0340 e. The van der Waals surface area contributed by atoms with Gasteiger partial charge < -0.3 is 10.6 Å². The molecule has 1 unspecified atom stereocenters. The molecule has 3 heteroatoms. The molecule has 2 fully saturated rings. The molecule has 0 bridgehead atoms. The third-order valence-corrected chi connectivity index (χ3v) is 5.23. The highest BCUT2D eigenvalue weighted by Crippen LogP contribution is 2.19. The maximum atomic E-state index is 3.60. The Morgan fingerprint density at radius 1 is 1.14 bits per heavy atom. The standard InChI is InChI=1S/C19H31N3/c1-16-8-11-22(12-9-16)15-17-4-6-19(7-5-17)21-14-18-3-2-10-20-13-18/h4-7,16,18,20-21H,2-3,8-15H2,1H3. The van der Waals surface area contributed by atoms with Gasteiger partial charge in [0.2, 0.25) is 0 Å². The Balaban J connectivity index is 1.43. The fraction of sp³-hybridized carbons (Fsp3) is 0.684. The summed E-state index contributed by atoms with van der Waals surface area (Å²) in [5, 5.41) is 7.08. The molecule has 1 aromatic rings. The van der Waals surface area contributed by atoms with Gasteiger partial charge in [0, 0.05) is 18.8 Å². The van der Waals surface area contributed by atoms with E-state index in [-0.39, 0.29) is 0 Å². The first-order valence-corrected chi connectivity index (χ1v) is 9.05. The molecule has 2 aliphatic heterocycles. The molecule has 0 radical (unpaired) electrons. The van der Waals surface area contributed by atoms with Crippen LogP contribution in [-0.2, 0) is 6.54 Å². The number of nitrogens with one attached hydrogen (secondary N) is 2. The minimum absolute atomic E-state index is 0.781. The summed E-state index contributed by atoms with van der Waals surface area (Å²) >= 11 is 0. The molecule has 2 saturated heterocycles. The van der Waals surface area contributed by atoms with Crippen LogP contribution < -0.4 is 10.6 Å². The van der Waals surface area contributed by atoms with Crippen molar-refractivity contribution in [1.29, 1.82) is 0 Å². The largest absolute Gasteiger partial charge is 0.385 e. The van der Waals surface area contributed by atoms with Crippen LogP contribution in [0.4, 0.5) is 5.69 Å². The van der Waals surface area contributed by atoms with Crippen LogP contribution in [0.1, 0.15) is 38.2 Å². The normalized spacial score (nSPS) is 24.3. The van der Waals surface area contributed by atoms with E-state index in [1.54, 1.807) is 0 Å². The predicted molar refractivity (Wildman–Crippen MR) is 94.2 cm³/mol. The molecule has 0 spiro atoms. The zero-order valence-corrected chi connectivity index (χ0v) is 14.0. The van der Waals surface area contributed by atoms with Gasteiger partial charge in [-0.3, -0.25) is 4.90 Å². The summed E-state index contributed by atoms with van der Waals surface area (Å²) in [7, 11) is 0. The summed E-state index contributed by atoms with van der Waals surface area (Å²) in [4.78, 5) is 2.59. The minimum Gasteiger partial charge on any atom is -0.385 e. The van der Waals surface area contributed by atoms with E-state index in [0.717, 1.165) is 24.9 Å². The second kappa shape index (κ2) is 7.98. The number of hydrogen-bond acceptors (Lipinski definition) is 3. The Morgan fingerprint density at radius 3 is 2.59 bits per heavy atom. The van der Waals surface area contributed by atoms with Gasteiger partial charge in [0.1, 0.15) is 0 Å². The molecule has 0 saturated carbocycles. The summed E-state index contributed by atoms with van der Waals surface area (Å²) in [6.45, 7) is 9.46. The Bertz CT molecular complexity index is 428. The first-order chi connectivity index (χ1) is 10.8. The number of likely N-dealkylation sites (tertiary alicyclic amines) is 1. The number of benzene rings is 1. The van der Waals surface area contributed by atoms with Gasteiger partial charge in [-0.1, -0.05) is 19.1 Å². The van der Waals surface area contributed by atoms with E-state index in [1.165, 1.54) is 63.1 Å². The van der Waals surface area contributed by atoms with Crippen LogP contribution >= 0.6 is 0 Å². The van der Waals surface area contributed by atoms with E-state index in [4.69, 9.17) is 0 Å². The molecular formula is C19H31N3. The second-order valence-electron chi connectivity index (χ2n) is 7.25. The van der Waals surface area contributed by atoms with Gasteiger partial charge in [0.15, 0.2) is 0 Å². The third-order valence-electron chi connectivity index (χ3n) is 5.23. The van der Waals surface area contributed by atoms with Crippen LogP contribution in [0.15, 0.2) is 24.3 Å². The summed E-state index contributed by atoms with van der Waals surface area (Å²) in [5.41, 5.74) is 2.71. The number of anilines is 1. The Labute approximate surface area is 135 Å².